The number of hydrogen-bond donors (Lipinski definition) is 1. The number of hydrogen-bond acceptors (Lipinski definition) is 2. The lowest BCUT2D eigenvalue weighted by molar-refractivity contribution is 0.354. The van der Waals surface area contributed by atoms with Crippen molar-refractivity contribution in [3.63, 3.8) is 0 Å². The maximum atomic E-state index is 14.2. The van der Waals surface area contributed by atoms with E-state index in [-0.39, 0.29) is 11.4 Å². The normalized spacial score (nSPS) is 22.7. The van der Waals surface area contributed by atoms with Crippen LogP contribution in [0.1, 0.15) is 32.1 Å². The molecule has 1 spiro atoms. The molecule has 1 saturated heterocycles. The Kier molecular flexibility index (Phi) is 3.81. The maximum absolute atomic E-state index is 14.2. The SMILES string of the molecule is Fc1cc(Br)ccc1N1CCCNC2(CCCC2)C1. The molecule has 0 bridgehead atoms. The fourth-order valence-corrected chi connectivity index (χ4v) is 3.79. The molecule has 2 fully saturated rings. The molecule has 0 amide bonds. The van der Waals surface area contributed by atoms with E-state index in [2.05, 4.69) is 26.1 Å². The van der Waals surface area contributed by atoms with E-state index >= 15 is 0 Å². The van der Waals surface area contributed by atoms with Crippen LogP contribution in [0.3, 0.4) is 0 Å². The molecule has 1 aromatic carbocycles. The summed E-state index contributed by atoms with van der Waals surface area (Å²) in [6.45, 7) is 2.92. The summed E-state index contributed by atoms with van der Waals surface area (Å²) in [6, 6.07) is 5.39. The molecule has 1 heterocycles. The van der Waals surface area contributed by atoms with Gasteiger partial charge in [0.2, 0.25) is 0 Å². The highest BCUT2D eigenvalue weighted by Crippen LogP contribution is 2.34. The van der Waals surface area contributed by atoms with Crippen molar-refractivity contribution in [1.29, 1.82) is 0 Å². The highest BCUT2D eigenvalue weighted by Gasteiger charge is 2.36. The van der Waals surface area contributed by atoms with Crippen LogP contribution in [0, 0.1) is 5.82 Å². The third-order valence-electron chi connectivity index (χ3n) is 4.41. The summed E-state index contributed by atoms with van der Waals surface area (Å²) < 4.78 is 15.0. The molecule has 2 nitrogen and oxygen atoms in total. The number of benzene rings is 1. The van der Waals surface area contributed by atoms with Crippen molar-refractivity contribution in [3.8, 4) is 0 Å². The predicted octanol–water partition coefficient (Wildman–Crippen LogP) is 3.70. The Hall–Kier alpha value is -0.610. The average molecular weight is 327 g/mol. The molecule has 1 aliphatic carbocycles. The van der Waals surface area contributed by atoms with Crippen molar-refractivity contribution >= 4 is 21.6 Å². The van der Waals surface area contributed by atoms with E-state index in [0.717, 1.165) is 36.2 Å². The number of anilines is 1. The van der Waals surface area contributed by atoms with Gasteiger partial charge in [-0.15, -0.1) is 0 Å². The number of halogens is 2. The highest BCUT2D eigenvalue weighted by atomic mass is 79.9. The molecule has 3 rings (SSSR count). The summed E-state index contributed by atoms with van der Waals surface area (Å²) in [5.74, 6) is -0.121. The van der Waals surface area contributed by atoms with Crippen molar-refractivity contribution in [3.05, 3.63) is 28.5 Å². The van der Waals surface area contributed by atoms with Crippen LogP contribution >= 0.6 is 15.9 Å². The van der Waals surface area contributed by atoms with Crippen molar-refractivity contribution in [2.75, 3.05) is 24.5 Å². The molecule has 0 radical (unpaired) electrons. The van der Waals surface area contributed by atoms with Gasteiger partial charge in [-0.1, -0.05) is 28.8 Å². The Balaban J connectivity index is 1.86. The van der Waals surface area contributed by atoms with Gasteiger partial charge in [0.25, 0.3) is 0 Å². The maximum Gasteiger partial charge on any atom is 0.147 e. The quantitative estimate of drug-likeness (QED) is 0.846. The van der Waals surface area contributed by atoms with E-state index in [1.54, 1.807) is 6.07 Å². The molecule has 1 saturated carbocycles. The zero-order valence-corrected chi connectivity index (χ0v) is 12.7. The van der Waals surface area contributed by atoms with E-state index < -0.39 is 0 Å². The van der Waals surface area contributed by atoms with Crippen LogP contribution < -0.4 is 10.2 Å². The molecule has 4 heteroatoms. The van der Waals surface area contributed by atoms with Crippen LogP contribution in [0.2, 0.25) is 0 Å². The van der Waals surface area contributed by atoms with Crippen LogP contribution in [0.25, 0.3) is 0 Å². The van der Waals surface area contributed by atoms with Gasteiger partial charge in [0.15, 0.2) is 0 Å². The summed E-state index contributed by atoms with van der Waals surface area (Å²) in [7, 11) is 0. The van der Waals surface area contributed by atoms with Crippen LogP contribution in [0.5, 0.6) is 0 Å². The van der Waals surface area contributed by atoms with Crippen LogP contribution in [-0.4, -0.2) is 25.2 Å². The fourth-order valence-electron chi connectivity index (χ4n) is 3.45. The molecular formula is C15H20BrFN2. The van der Waals surface area contributed by atoms with Gasteiger partial charge >= 0.3 is 0 Å². The molecule has 0 unspecified atom stereocenters. The van der Waals surface area contributed by atoms with Gasteiger partial charge in [0.05, 0.1) is 5.69 Å². The van der Waals surface area contributed by atoms with Crippen molar-refractivity contribution in [2.24, 2.45) is 0 Å². The van der Waals surface area contributed by atoms with Crippen LogP contribution in [0.4, 0.5) is 10.1 Å². The van der Waals surface area contributed by atoms with Gasteiger partial charge in [0, 0.05) is 23.1 Å². The standard InChI is InChI=1S/C15H20BrFN2/c16-12-4-5-14(13(17)10-12)19-9-3-8-18-15(11-19)6-1-2-7-15/h4-5,10,18H,1-3,6-9,11H2. The summed E-state index contributed by atoms with van der Waals surface area (Å²) in [6.07, 6.45) is 6.12. The zero-order valence-electron chi connectivity index (χ0n) is 11.1. The second kappa shape index (κ2) is 5.41. The highest BCUT2D eigenvalue weighted by molar-refractivity contribution is 9.10. The minimum Gasteiger partial charge on any atom is -0.367 e. The van der Waals surface area contributed by atoms with Crippen molar-refractivity contribution < 1.29 is 4.39 Å². The third kappa shape index (κ3) is 2.79. The smallest absolute Gasteiger partial charge is 0.147 e. The molecular weight excluding hydrogens is 307 g/mol. The summed E-state index contributed by atoms with van der Waals surface area (Å²) >= 11 is 3.32. The Morgan fingerprint density at radius 3 is 2.74 bits per heavy atom. The molecule has 104 valence electrons. The van der Waals surface area contributed by atoms with Crippen molar-refractivity contribution in [1.82, 2.24) is 5.32 Å². The first-order chi connectivity index (χ1) is 9.19. The molecule has 1 aromatic rings. The number of nitrogens with one attached hydrogen (secondary N) is 1. The first kappa shape index (κ1) is 13.4. The topological polar surface area (TPSA) is 15.3 Å². The van der Waals surface area contributed by atoms with Gasteiger partial charge < -0.3 is 10.2 Å². The Bertz CT molecular complexity index is 457. The van der Waals surface area contributed by atoms with Crippen molar-refractivity contribution in [2.45, 2.75) is 37.6 Å². The first-order valence-electron chi connectivity index (χ1n) is 7.14. The van der Waals surface area contributed by atoms with E-state index in [9.17, 15) is 4.39 Å². The summed E-state index contributed by atoms with van der Waals surface area (Å²) in [5.41, 5.74) is 0.967. The van der Waals surface area contributed by atoms with E-state index in [1.807, 2.05) is 12.1 Å². The van der Waals surface area contributed by atoms with Gasteiger partial charge in [0.1, 0.15) is 5.82 Å². The second-order valence-electron chi connectivity index (χ2n) is 5.79. The molecule has 19 heavy (non-hydrogen) atoms. The lowest BCUT2D eigenvalue weighted by Gasteiger charge is -2.34. The van der Waals surface area contributed by atoms with Gasteiger partial charge in [-0.3, -0.25) is 0 Å². The van der Waals surface area contributed by atoms with E-state index in [4.69, 9.17) is 0 Å². The van der Waals surface area contributed by atoms with Crippen LogP contribution in [-0.2, 0) is 0 Å². The third-order valence-corrected chi connectivity index (χ3v) is 4.90. The molecule has 1 aliphatic heterocycles. The Morgan fingerprint density at radius 2 is 2.00 bits per heavy atom. The fraction of sp³-hybridized carbons (Fsp3) is 0.600. The van der Waals surface area contributed by atoms with Gasteiger partial charge in [-0.25, -0.2) is 4.39 Å². The lowest BCUT2D eigenvalue weighted by atomic mass is 9.97. The predicted molar refractivity (Wildman–Crippen MR) is 80.1 cm³/mol. The second-order valence-corrected chi connectivity index (χ2v) is 6.70. The minimum absolute atomic E-state index is 0.121. The zero-order chi connectivity index (χ0) is 13.3. The first-order valence-corrected chi connectivity index (χ1v) is 7.93. The Labute approximate surface area is 122 Å². The molecule has 1 N–H and O–H groups in total. The van der Waals surface area contributed by atoms with E-state index in [0.29, 0.717) is 0 Å². The summed E-state index contributed by atoms with van der Waals surface area (Å²) in [5, 5.41) is 3.71. The summed E-state index contributed by atoms with van der Waals surface area (Å²) in [4.78, 5) is 2.23. The number of rotatable bonds is 1. The average Bonchev–Trinajstić information content (AvgIpc) is 2.71. The van der Waals surface area contributed by atoms with Gasteiger partial charge in [-0.05, 0) is 44.0 Å². The molecule has 0 aromatic heterocycles. The number of nitrogens with zero attached hydrogens (tertiary/aromatic N) is 1. The lowest BCUT2D eigenvalue weighted by Crippen LogP contribution is -2.49. The monoisotopic (exact) mass is 326 g/mol. The largest absolute Gasteiger partial charge is 0.367 e. The Morgan fingerprint density at radius 1 is 1.21 bits per heavy atom. The van der Waals surface area contributed by atoms with Gasteiger partial charge in [-0.2, -0.15) is 0 Å². The molecule has 0 atom stereocenters. The molecule has 2 aliphatic rings. The van der Waals surface area contributed by atoms with Crippen LogP contribution in [0.15, 0.2) is 22.7 Å². The minimum atomic E-state index is -0.121. The van der Waals surface area contributed by atoms with E-state index in [1.165, 1.54) is 25.7 Å².